The summed E-state index contributed by atoms with van der Waals surface area (Å²) in [7, 11) is 0. The van der Waals surface area contributed by atoms with Crippen LogP contribution in [0.15, 0.2) is 0 Å². The van der Waals surface area contributed by atoms with E-state index in [4.69, 9.17) is 4.74 Å². The molecule has 2 atom stereocenters. The van der Waals surface area contributed by atoms with Gasteiger partial charge in [-0.25, -0.2) is 4.79 Å². The van der Waals surface area contributed by atoms with Gasteiger partial charge >= 0.3 is 6.09 Å². The van der Waals surface area contributed by atoms with E-state index in [1.54, 1.807) is 0 Å². The normalized spacial score (nSPS) is 23.6. The van der Waals surface area contributed by atoms with E-state index in [0.29, 0.717) is 6.04 Å². The molecule has 0 aromatic carbocycles. The first-order valence-corrected chi connectivity index (χ1v) is 5.80. The van der Waals surface area contributed by atoms with E-state index in [-0.39, 0.29) is 18.2 Å². The highest BCUT2D eigenvalue weighted by Crippen LogP contribution is 2.10. The Labute approximate surface area is 91.8 Å². The number of carbonyl (C=O) groups excluding carboxylic acids is 1. The molecule has 0 aromatic heterocycles. The van der Waals surface area contributed by atoms with Crippen LogP contribution in [-0.2, 0) is 4.74 Å². The van der Waals surface area contributed by atoms with Gasteiger partial charge in [0.05, 0.1) is 6.10 Å². The van der Waals surface area contributed by atoms with Gasteiger partial charge in [-0.05, 0) is 40.2 Å². The van der Waals surface area contributed by atoms with Crippen LogP contribution in [-0.4, -0.2) is 30.8 Å². The number of piperidine rings is 1. The molecule has 1 amide bonds. The minimum atomic E-state index is -0.315. The summed E-state index contributed by atoms with van der Waals surface area (Å²) in [5.41, 5.74) is 0. The van der Waals surface area contributed by atoms with E-state index in [1.165, 1.54) is 12.8 Å². The molecule has 1 aliphatic rings. The van der Waals surface area contributed by atoms with E-state index in [2.05, 4.69) is 10.6 Å². The summed E-state index contributed by atoms with van der Waals surface area (Å²) in [4.78, 5) is 11.3. The van der Waals surface area contributed by atoms with Gasteiger partial charge < -0.3 is 15.4 Å². The quantitative estimate of drug-likeness (QED) is 0.751. The van der Waals surface area contributed by atoms with Gasteiger partial charge in [-0.2, -0.15) is 0 Å². The van der Waals surface area contributed by atoms with E-state index in [9.17, 15) is 4.79 Å². The SMILES string of the molecule is CC(C)OC(=O)NC(C)C1CCCCN1. The minimum Gasteiger partial charge on any atom is -0.447 e. The van der Waals surface area contributed by atoms with E-state index < -0.39 is 0 Å². The number of hydrogen-bond acceptors (Lipinski definition) is 3. The van der Waals surface area contributed by atoms with Crippen molar-refractivity contribution in [2.24, 2.45) is 0 Å². The van der Waals surface area contributed by atoms with Crippen molar-refractivity contribution in [1.29, 1.82) is 0 Å². The molecule has 0 bridgehead atoms. The summed E-state index contributed by atoms with van der Waals surface area (Å²) >= 11 is 0. The summed E-state index contributed by atoms with van der Waals surface area (Å²) < 4.78 is 5.03. The van der Waals surface area contributed by atoms with Crippen molar-refractivity contribution in [2.45, 2.75) is 58.2 Å². The highest BCUT2D eigenvalue weighted by molar-refractivity contribution is 5.67. The first-order valence-electron chi connectivity index (χ1n) is 5.80. The van der Waals surface area contributed by atoms with Crippen molar-refractivity contribution in [1.82, 2.24) is 10.6 Å². The molecule has 15 heavy (non-hydrogen) atoms. The second kappa shape index (κ2) is 5.95. The Balaban J connectivity index is 2.27. The molecule has 1 saturated heterocycles. The van der Waals surface area contributed by atoms with Crippen LogP contribution >= 0.6 is 0 Å². The van der Waals surface area contributed by atoms with E-state index >= 15 is 0 Å². The molecule has 1 heterocycles. The van der Waals surface area contributed by atoms with Crippen LogP contribution in [0, 0.1) is 0 Å². The standard InChI is InChI=1S/C11H22N2O2/c1-8(2)15-11(14)13-9(3)10-6-4-5-7-12-10/h8-10,12H,4-7H2,1-3H3,(H,13,14). The Morgan fingerprint density at radius 2 is 2.13 bits per heavy atom. The molecule has 0 spiro atoms. The first-order chi connectivity index (χ1) is 7.09. The molecule has 88 valence electrons. The van der Waals surface area contributed by atoms with Crippen LogP contribution in [0.2, 0.25) is 0 Å². The van der Waals surface area contributed by atoms with Crippen LogP contribution < -0.4 is 10.6 Å². The number of carbonyl (C=O) groups is 1. The molecule has 4 heteroatoms. The third-order valence-corrected chi connectivity index (χ3v) is 2.64. The van der Waals surface area contributed by atoms with Crippen molar-refractivity contribution >= 4 is 6.09 Å². The second-order valence-corrected chi connectivity index (χ2v) is 4.44. The lowest BCUT2D eigenvalue weighted by Gasteiger charge is -2.29. The van der Waals surface area contributed by atoms with Crippen molar-refractivity contribution in [3.05, 3.63) is 0 Å². The maximum absolute atomic E-state index is 11.3. The molecule has 0 saturated carbocycles. The summed E-state index contributed by atoms with van der Waals surface area (Å²) in [6, 6.07) is 0.523. The van der Waals surface area contributed by atoms with Crippen molar-refractivity contribution in [2.75, 3.05) is 6.54 Å². The summed E-state index contributed by atoms with van der Waals surface area (Å²) in [5.74, 6) is 0. The average Bonchev–Trinajstić information content (AvgIpc) is 2.17. The van der Waals surface area contributed by atoms with Gasteiger partial charge in [0.15, 0.2) is 0 Å². The molecule has 2 N–H and O–H groups in total. The molecule has 1 rings (SSSR count). The zero-order valence-corrected chi connectivity index (χ0v) is 9.88. The predicted molar refractivity (Wildman–Crippen MR) is 59.9 cm³/mol. The number of alkyl carbamates (subject to hydrolysis) is 1. The number of amides is 1. The Hall–Kier alpha value is -0.770. The van der Waals surface area contributed by atoms with Gasteiger partial charge in [-0.1, -0.05) is 6.42 Å². The number of hydrogen-bond donors (Lipinski definition) is 2. The maximum atomic E-state index is 11.3. The highest BCUT2D eigenvalue weighted by Gasteiger charge is 2.21. The van der Waals surface area contributed by atoms with Gasteiger partial charge in [0.2, 0.25) is 0 Å². The van der Waals surface area contributed by atoms with Crippen LogP contribution in [0.1, 0.15) is 40.0 Å². The third kappa shape index (κ3) is 4.51. The summed E-state index contributed by atoms with van der Waals surface area (Å²) in [6.45, 7) is 6.77. The lowest BCUT2D eigenvalue weighted by Crippen LogP contribution is -2.50. The van der Waals surface area contributed by atoms with Gasteiger partial charge in [-0.15, -0.1) is 0 Å². The van der Waals surface area contributed by atoms with Crippen molar-refractivity contribution < 1.29 is 9.53 Å². The zero-order chi connectivity index (χ0) is 11.3. The van der Waals surface area contributed by atoms with Crippen LogP contribution in [0.3, 0.4) is 0 Å². The van der Waals surface area contributed by atoms with E-state index in [1.807, 2.05) is 20.8 Å². The molecule has 1 fully saturated rings. The summed E-state index contributed by atoms with van der Waals surface area (Å²) in [5, 5.41) is 6.26. The van der Waals surface area contributed by atoms with E-state index in [0.717, 1.165) is 13.0 Å². The van der Waals surface area contributed by atoms with Crippen LogP contribution in [0.4, 0.5) is 4.79 Å². The fraction of sp³-hybridized carbons (Fsp3) is 0.909. The Morgan fingerprint density at radius 1 is 1.40 bits per heavy atom. The van der Waals surface area contributed by atoms with Crippen molar-refractivity contribution in [3.8, 4) is 0 Å². The minimum absolute atomic E-state index is 0.0588. The molecule has 2 unspecified atom stereocenters. The summed E-state index contributed by atoms with van der Waals surface area (Å²) in [6.07, 6.45) is 3.23. The van der Waals surface area contributed by atoms with Crippen LogP contribution in [0.5, 0.6) is 0 Å². The van der Waals surface area contributed by atoms with Crippen molar-refractivity contribution in [3.63, 3.8) is 0 Å². The zero-order valence-electron chi connectivity index (χ0n) is 9.88. The van der Waals surface area contributed by atoms with Gasteiger partial charge in [0.1, 0.15) is 0 Å². The molecule has 0 radical (unpaired) electrons. The monoisotopic (exact) mass is 214 g/mol. The molecule has 0 aliphatic carbocycles. The Morgan fingerprint density at radius 3 is 2.67 bits per heavy atom. The fourth-order valence-electron chi connectivity index (χ4n) is 1.84. The Kier molecular flexibility index (Phi) is 4.88. The molecular formula is C11H22N2O2. The predicted octanol–water partition coefficient (Wildman–Crippen LogP) is 1.65. The second-order valence-electron chi connectivity index (χ2n) is 4.44. The van der Waals surface area contributed by atoms with Gasteiger partial charge in [0, 0.05) is 12.1 Å². The Bertz CT molecular complexity index is 201. The van der Waals surface area contributed by atoms with Crippen LogP contribution in [0.25, 0.3) is 0 Å². The largest absolute Gasteiger partial charge is 0.447 e. The number of rotatable bonds is 3. The number of ether oxygens (including phenoxy) is 1. The smallest absolute Gasteiger partial charge is 0.407 e. The molecule has 0 aromatic rings. The lowest BCUT2D eigenvalue weighted by atomic mass is 9.99. The number of nitrogens with one attached hydrogen (secondary N) is 2. The maximum Gasteiger partial charge on any atom is 0.407 e. The molecular weight excluding hydrogens is 192 g/mol. The average molecular weight is 214 g/mol. The highest BCUT2D eigenvalue weighted by atomic mass is 16.6. The molecule has 4 nitrogen and oxygen atoms in total. The topological polar surface area (TPSA) is 50.4 Å². The van der Waals surface area contributed by atoms with Gasteiger partial charge in [-0.3, -0.25) is 0 Å². The fourth-order valence-corrected chi connectivity index (χ4v) is 1.84. The molecule has 1 aliphatic heterocycles. The third-order valence-electron chi connectivity index (χ3n) is 2.64. The van der Waals surface area contributed by atoms with Gasteiger partial charge in [0.25, 0.3) is 0 Å². The first kappa shape index (κ1) is 12.3. The lowest BCUT2D eigenvalue weighted by molar-refractivity contribution is 0.110.